The molecule has 1 nitrogen and oxygen atoms in total. The normalized spacial score (nSPS) is 15.5. The number of fused-ring (bicyclic) bond motifs is 1. The van der Waals surface area contributed by atoms with E-state index in [9.17, 15) is 0 Å². The smallest absolute Gasteiger partial charge is 0.00366 e. The van der Waals surface area contributed by atoms with E-state index in [1.165, 1.54) is 31.2 Å². The summed E-state index contributed by atoms with van der Waals surface area (Å²) in [6, 6.07) is 6.68. The first kappa shape index (κ1) is 8.76. The highest BCUT2D eigenvalue weighted by molar-refractivity contribution is 5.37. The first-order valence-electron chi connectivity index (χ1n) is 5.21. The van der Waals surface area contributed by atoms with Crippen LogP contribution in [0.5, 0.6) is 0 Å². The minimum Gasteiger partial charge on any atom is -0.330 e. The number of nitrogens with two attached hydrogens (primary N) is 1. The Labute approximate surface area is 80.0 Å². The van der Waals surface area contributed by atoms with Crippen molar-refractivity contribution in [1.82, 2.24) is 0 Å². The van der Waals surface area contributed by atoms with Gasteiger partial charge in [-0.1, -0.05) is 18.2 Å². The van der Waals surface area contributed by atoms with Crippen molar-refractivity contribution < 1.29 is 0 Å². The third kappa shape index (κ3) is 1.75. The zero-order valence-electron chi connectivity index (χ0n) is 8.05. The Balaban J connectivity index is 2.34. The number of hydrogen-bond acceptors (Lipinski definition) is 1. The number of hydrogen-bond donors (Lipinski definition) is 1. The lowest BCUT2D eigenvalue weighted by Crippen LogP contribution is -2.10. The molecule has 0 saturated carbocycles. The summed E-state index contributed by atoms with van der Waals surface area (Å²) in [5.74, 6) is 0. The average molecular weight is 175 g/mol. The molecule has 0 bridgehead atoms. The Morgan fingerprint density at radius 2 is 2.00 bits per heavy atom. The maximum absolute atomic E-state index is 5.59. The molecule has 0 unspecified atom stereocenters. The Morgan fingerprint density at radius 1 is 1.15 bits per heavy atom. The molecule has 1 aromatic carbocycles. The van der Waals surface area contributed by atoms with Gasteiger partial charge in [-0.25, -0.2) is 0 Å². The molecule has 0 spiro atoms. The van der Waals surface area contributed by atoms with Gasteiger partial charge in [0.05, 0.1) is 0 Å². The minimum atomic E-state index is 0.774. The zero-order valence-corrected chi connectivity index (χ0v) is 8.05. The van der Waals surface area contributed by atoms with Gasteiger partial charge in [0.2, 0.25) is 0 Å². The van der Waals surface area contributed by atoms with Crippen LogP contribution in [0.2, 0.25) is 0 Å². The molecule has 1 aliphatic carbocycles. The van der Waals surface area contributed by atoms with Crippen LogP contribution in [-0.4, -0.2) is 6.54 Å². The number of rotatable bonds is 2. The fourth-order valence-electron chi connectivity index (χ4n) is 2.25. The van der Waals surface area contributed by atoms with E-state index in [1.807, 2.05) is 0 Å². The van der Waals surface area contributed by atoms with E-state index < -0.39 is 0 Å². The summed E-state index contributed by atoms with van der Waals surface area (Å²) in [4.78, 5) is 0. The molecule has 2 N–H and O–H groups in total. The first-order chi connectivity index (χ1) is 6.42. The van der Waals surface area contributed by atoms with Crippen LogP contribution in [0.4, 0.5) is 0 Å². The van der Waals surface area contributed by atoms with E-state index in [1.54, 1.807) is 11.1 Å². The molecule has 0 atom stereocenters. The highest BCUT2D eigenvalue weighted by atomic mass is 14.5. The third-order valence-electron chi connectivity index (χ3n) is 2.91. The van der Waals surface area contributed by atoms with E-state index in [0.29, 0.717) is 0 Å². The van der Waals surface area contributed by atoms with Crippen LogP contribution in [0.25, 0.3) is 0 Å². The summed E-state index contributed by atoms with van der Waals surface area (Å²) in [6.07, 6.45) is 6.30. The summed E-state index contributed by atoms with van der Waals surface area (Å²) in [7, 11) is 0. The van der Waals surface area contributed by atoms with Crippen molar-refractivity contribution in [1.29, 1.82) is 0 Å². The van der Waals surface area contributed by atoms with Crippen molar-refractivity contribution in [2.24, 2.45) is 5.73 Å². The molecule has 2 rings (SSSR count). The molecule has 0 aliphatic heterocycles. The lowest BCUT2D eigenvalue weighted by molar-refractivity contribution is 0.677. The largest absolute Gasteiger partial charge is 0.330 e. The van der Waals surface area contributed by atoms with Crippen LogP contribution >= 0.6 is 0 Å². The lowest BCUT2D eigenvalue weighted by Gasteiger charge is -2.18. The van der Waals surface area contributed by atoms with Crippen LogP contribution in [-0.2, 0) is 19.3 Å². The van der Waals surface area contributed by atoms with Gasteiger partial charge in [-0.2, -0.15) is 0 Å². The van der Waals surface area contributed by atoms with Crippen molar-refractivity contribution in [2.45, 2.75) is 32.1 Å². The highest BCUT2D eigenvalue weighted by Gasteiger charge is 2.11. The molecule has 1 heteroatoms. The Hall–Kier alpha value is -0.820. The zero-order chi connectivity index (χ0) is 9.10. The van der Waals surface area contributed by atoms with Crippen molar-refractivity contribution in [2.75, 3.05) is 6.54 Å². The van der Waals surface area contributed by atoms with Gasteiger partial charge in [0, 0.05) is 0 Å². The van der Waals surface area contributed by atoms with E-state index in [0.717, 1.165) is 13.0 Å². The second-order valence-corrected chi connectivity index (χ2v) is 3.80. The lowest BCUT2D eigenvalue weighted by atomic mass is 9.87. The van der Waals surface area contributed by atoms with Crippen molar-refractivity contribution in [3.05, 3.63) is 34.9 Å². The van der Waals surface area contributed by atoms with E-state index in [4.69, 9.17) is 5.73 Å². The predicted octanol–water partition coefficient (Wildman–Crippen LogP) is 2.07. The van der Waals surface area contributed by atoms with Crippen LogP contribution in [0.15, 0.2) is 18.2 Å². The Bertz CT molecular complexity index is 291. The highest BCUT2D eigenvalue weighted by Crippen LogP contribution is 2.24. The molecular formula is C12H17N. The van der Waals surface area contributed by atoms with Gasteiger partial charge in [0.25, 0.3) is 0 Å². The van der Waals surface area contributed by atoms with Gasteiger partial charge in [-0.05, 0) is 55.3 Å². The topological polar surface area (TPSA) is 26.0 Å². The van der Waals surface area contributed by atoms with Gasteiger partial charge < -0.3 is 5.73 Å². The molecular weight excluding hydrogens is 158 g/mol. The quantitative estimate of drug-likeness (QED) is 0.731. The average Bonchev–Trinajstić information content (AvgIpc) is 2.19. The van der Waals surface area contributed by atoms with E-state index in [2.05, 4.69) is 18.2 Å². The molecule has 70 valence electrons. The van der Waals surface area contributed by atoms with Crippen molar-refractivity contribution >= 4 is 0 Å². The number of benzene rings is 1. The summed E-state index contributed by atoms with van der Waals surface area (Å²) < 4.78 is 0. The van der Waals surface area contributed by atoms with Crippen LogP contribution in [0.3, 0.4) is 0 Å². The molecule has 1 aromatic rings. The van der Waals surface area contributed by atoms with Gasteiger partial charge in [0.1, 0.15) is 0 Å². The molecule has 1 aliphatic rings. The second kappa shape index (κ2) is 3.93. The van der Waals surface area contributed by atoms with Crippen molar-refractivity contribution in [3.63, 3.8) is 0 Å². The molecule has 0 fully saturated rings. The van der Waals surface area contributed by atoms with Gasteiger partial charge >= 0.3 is 0 Å². The Kier molecular flexibility index (Phi) is 2.65. The fourth-order valence-corrected chi connectivity index (χ4v) is 2.25. The standard InChI is InChI=1S/C12H17N/c13-9-8-11-6-3-5-10-4-1-2-7-12(10)11/h3,5-6H,1-2,4,7-9,13H2. The maximum atomic E-state index is 5.59. The summed E-state index contributed by atoms with van der Waals surface area (Å²) >= 11 is 0. The molecule has 0 aromatic heterocycles. The predicted molar refractivity (Wildman–Crippen MR) is 55.8 cm³/mol. The maximum Gasteiger partial charge on any atom is -0.00366 e. The molecule has 0 amide bonds. The van der Waals surface area contributed by atoms with Gasteiger partial charge in [0.15, 0.2) is 0 Å². The fraction of sp³-hybridized carbons (Fsp3) is 0.500. The molecule has 0 saturated heterocycles. The van der Waals surface area contributed by atoms with Crippen LogP contribution < -0.4 is 5.73 Å². The minimum absolute atomic E-state index is 0.774. The first-order valence-corrected chi connectivity index (χ1v) is 5.21. The number of aryl methyl sites for hydroxylation is 1. The molecule has 0 radical (unpaired) electrons. The van der Waals surface area contributed by atoms with Gasteiger partial charge in [-0.15, -0.1) is 0 Å². The van der Waals surface area contributed by atoms with Crippen LogP contribution in [0, 0.1) is 0 Å². The monoisotopic (exact) mass is 175 g/mol. The molecule has 13 heavy (non-hydrogen) atoms. The van der Waals surface area contributed by atoms with E-state index in [-0.39, 0.29) is 0 Å². The SMILES string of the molecule is NCCc1cccc2c1CCCC2. The van der Waals surface area contributed by atoms with Crippen molar-refractivity contribution in [3.8, 4) is 0 Å². The van der Waals surface area contributed by atoms with E-state index >= 15 is 0 Å². The molecule has 0 heterocycles. The van der Waals surface area contributed by atoms with Crippen LogP contribution in [0.1, 0.15) is 29.5 Å². The summed E-state index contributed by atoms with van der Waals surface area (Å²) in [5, 5.41) is 0. The third-order valence-corrected chi connectivity index (χ3v) is 2.91. The second-order valence-electron chi connectivity index (χ2n) is 3.80. The van der Waals surface area contributed by atoms with Gasteiger partial charge in [-0.3, -0.25) is 0 Å². The summed E-state index contributed by atoms with van der Waals surface area (Å²) in [5.41, 5.74) is 10.2. The Morgan fingerprint density at radius 3 is 2.85 bits per heavy atom. The summed E-state index contributed by atoms with van der Waals surface area (Å²) in [6.45, 7) is 0.774.